The molecule has 154 valence electrons. The largest absolute Gasteiger partial charge is 0.395 e. The molecule has 31 heavy (non-hydrogen) atoms. The maximum Gasteiger partial charge on any atom is 0.221 e. The van der Waals surface area contributed by atoms with Crippen molar-refractivity contribution in [3.63, 3.8) is 0 Å². The molecular weight excluding hydrogens is 392 g/mol. The number of hydrogen-bond donors (Lipinski definition) is 2. The van der Waals surface area contributed by atoms with E-state index in [9.17, 15) is 0 Å². The Labute approximate surface area is 177 Å². The van der Waals surface area contributed by atoms with Gasteiger partial charge in [0.25, 0.3) is 0 Å². The Hall–Kier alpha value is -3.98. The smallest absolute Gasteiger partial charge is 0.221 e. The van der Waals surface area contributed by atoms with Crippen LogP contribution in [0.3, 0.4) is 0 Å². The Morgan fingerprint density at radius 3 is 2.87 bits per heavy atom. The average molecular weight is 412 g/mol. The summed E-state index contributed by atoms with van der Waals surface area (Å²) in [5.74, 6) is 0. The Bertz CT molecular complexity index is 1350. The third-order valence-corrected chi connectivity index (χ3v) is 4.90. The molecule has 0 fully saturated rings. The number of benzene rings is 1. The van der Waals surface area contributed by atoms with Crippen LogP contribution >= 0.6 is 0 Å². The molecule has 0 spiro atoms. The minimum atomic E-state index is 0.0739. The molecule has 1 aromatic carbocycles. The molecule has 9 nitrogen and oxygen atoms in total. The highest BCUT2D eigenvalue weighted by molar-refractivity contribution is 5.79. The number of nitrogens with one attached hydrogen (secondary N) is 1. The van der Waals surface area contributed by atoms with E-state index in [1.807, 2.05) is 36.4 Å². The molecule has 0 aliphatic rings. The third kappa shape index (κ3) is 4.17. The van der Waals surface area contributed by atoms with Crippen LogP contribution in [0.4, 0.5) is 5.69 Å². The fourth-order valence-corrected chi connectivity index (χ4v) is 3.45. The molecule has 0 amide bonds. The van der Waals surface area contributed by atoms with Gasteiger partial charge in [-0.05, 0) is 35.9 Å². The number of hydrogen-bond acceptors (Lipinski definition) is 8. The van der Waals surface area contributed by atoms with Crippen molar-refractivity contribution in [2.24, 2.45) is 0 Å². The number of pyridine rings is 2. The van der Waals surface area contributed by atoms with Crippen LogP contribution in [0.1, 0.15) is 17.0 Å². The van der Waals surface area contributed by atoms with Crippen LogP contribution in [-0.2, 0) is 13.0 Å². The Kier molecular flexibility index (Phi) is 5.16. The van der Waals surface area contributed by atoms with E-state index in [1.165, 1.54) is 0 Å². The first kappa shape index (κ1) is 19.0. The molecule has 0 saturated carbocycles. The molecule has 4 aromatic heterocycles. The van der Waals surface area contributed by atoms with Gasteiger partial charge in [-0.3, -0.25) is 9.97 Å². The first-order chi connectivity index (χ1) is 15.3. The summed E-state index contributed by atoms with van der Waals surface area (Å²) in [6.45, 7) is 1.10. The van der Waals surface area contributed by atoms with Gasteiger partial charge in [0, 0.05) is 42.1 Å². The van der Waals surface area contributed by atoms with Crippen molar-refractivity contribution in [1.29, 1.82) is 0 Å². The van der Waals surface area contributed by atoms with Crippen LogP contribution in [0.2, 0.25) is 0 Å². The van der Waals surface area contributed by atoms with E-state index >= 15 is 0 Å². The summed E-state index contributed by atoms with van der Waals surface area (Å²) in [4.78, 5) is 17.9. The van der Waals surface area contributed by atoms with E-state index in [1.54, 1.807) is 23.3 Å². The number of fused-ring (bicyclic) bond motifs is 2. The van der Waals surface area contributed by atoms with E-state index in [-0.39, 0.29) is 6.61 Å². The van der Waals surface area contributed by atoms with Gasteiger partial charge in [0.1, 0.15) is 0 Å². The molecule has 0 radical (unpaired) electrons. The van der Waals surface area contributed by atoms with Crippen molar-refractivity contribution in [2.45, 2.75) is 13.0 Å². The molecule has 0 bridgehead atoms. The van der Waals surface area contributed by atoms with Gasteiger partial charge in [-0.1, -0.05) is 17.3 Å². The van der Waals surface area contributed by atoms with Gasteiger partial charge in [0.2, 0.25) is 5.65 Å². The van der Waals surface area contributed by atoms with E-state index < -0.39 is 0 Å². The van der Waals surface area contributed by atoms with Crippen LogP contribution in [0.25, 0.3) is 22.2 Å². The Balaban J connectivity index is 1.40. The summed E-state index contributed by atoms with van der Waals surface area (Å²) < 4.78 is 1.76. The quantitative estimate of drug-likeness (QED) is 0.418. The lowest BCUT2D eigenvalue weighted by Gasteiger charge is -2.07. The number of rotatable bonds is 7. The average Bonchev–Trinajstić information content (AvgIpc) is 3.20. The van der Waals surface area contributed by atoms with Gasteiger partial charge >= 0.3 is 0 Å². The minimum Gasteiger partial charge on any atom is -0.395 e. The zero-order chi connectivity index (χ0) is 21.0. The molecule has 5 rings (SSSR count). The molecule has 0 aliphatic heterocycles. The molecule has 0 aliphatic carbocycles. The first-order valence-electron chi connectivity index (χ1n) is 9.97. The standard InChI is InChI=1S/C22H20N8O/c31-9-8-24-17-5-7-23-18(11-17)12-19-13-26-21-22(27-19)30(29-28-21)14-15-3-4-20-16(10-15)2-1-6-25-20/h1-7,10-11,13,31H,8-9,12,14H2,(H,23,24). The van der Waals surface area contributed by atoms with Gasteiger partial charge in [0.15, 0.2) is 5.65 Å². The predicted octanol–water partition coefficient (Wildman–Crippen LogP) is 2.21. The summed E-state index contributed by atoms with van der Waals surface area (Å²) in [5, 5.41) is 21.6. The molecule has 0 unspecified atom stereocenters. The van der Waals surface area contributed by atoms with Crippen LogP contribution in [0, 0.1) is 0 Å². The van der Waals surface area contributed by atoms with Crippen molar-refractivity contribution in [2.75, 3.05) is 18.5 Å². The number of anilines is 1. The van der Waals surface area contributed by atoms with Gasteiger partial charge in [-0.25, -0.2) is 14.6 Å². The minimum absolute atomic E-state index is 0.0739. The lowest BCUT2D eigenvalue weighted by molar-refractivity contribution is 0.311. The zero-order valence-corrected chi connectivity index (χ0v) is 16.7. The summed E-state index contributed by atoms with van der Waals surface area (Å²) in [5.41, 5.74) is 5.74. The lowest BCUT2D eigenvalue weighted by Crippen LogP contribution is -2.07. The Morgan fingerprint density at radius 2 is 1.94 bits per heavy atom. The fourth-order valence-electron chi connectivity index (χ4n) is 3.45. The molecule has 5 aromatic rings. The van der Waals surface area contributed by atoms with Crippen molar-refractivity contribution in [1.82, 2.24) is 34.9 Å². The van der Waals surface area contributed by atoms with Crippen molar-refractivity contribution < 1.29 is 5.11 Å². The summed E-state index contributed by atoms with van der Waals surface area (Å²) in [6, 6.07) is 13.9. The van der Waals surface area contributed by atoms with Crippen molar-refractivity contribution >= 4 is 27.9 Å². The summed E-state index contributed by atoms with van der Waals surface area (Å²) in [6.07, 6.45) is 5.77. The molecule has 9 heteroatoms. The second-order valence-corrected chi connectivity index (χ2v) is 7.15. The van der Waals surface area contributed by atoms with Gasteiger partial charge < -0.3 is 10.4 Å². The molecule has 2 N–H and O–H groups in total. The third-order valence-electron chi connectivity index (χ3n) is 4.90. The van der Waals surface area contributed by atoms with Crippen molar-refractivity contribution in [3.8, 4) is 0 Å². The van der Waals surface area contributed by atoms with Crippen LogP contribution in [0.15, 0.2) is 61.1 Å². The summed E-state index contributed by atoms with van der Waals surface area (Å²) in [7, 11) is 0. The lowest BCUT2D eigenvalue weighted by atomic mass is 10.1. The predicted molar refractivity (Wildman–Crippen MR) is 117 cm³/mol. The van der Waals surface area contributed by atoms with E-state index in [2.05, 4.69) is 36.6 Å². The highest BCUT2D eigenvalue weighted by atomic mass is 16.3. The van der Waals surface area contributed by atoms with E-state index in [0.717, 1.165) is 33.5 Å². The number of nitrogens with zero attached hydrogens (tertiary/aromatic N) is 7. The molecule has 0 saturated heterocycles. The SMILES string of the molecule is OCCNc1ccnc(Cc2cnc3nnn(Cc4ccc5ncccc5c4)c3n2)c1. The monoisotopic (exact) mass is 412 g/mol. The van der Waals surface area contributed by atoms with Crippen molar-refractivity contribution in [3.05, 3.63) is 78.0 Å². The van der Waals surface area contributed by atoms with Gasteiger partial charge in [0.05, 0.1) is 30.6 Å². The highest BCUT2D eigenvalue weighted by Gasteiger charge is 2.11. The normalized spacial score (nSPS) is 11.3. The first-order valence-corrected chi connectivity index (χ1v) is 9.97. The number of aliphatic hydroxyl groups is 1. The van der Waals surface area contributed by atoms with Crippen LogP contribution in [0.5, 0.6) is 0 Å². The second kappa shape index (κ2) is 8.41. The van der Waals surface area contributed by atoms with Gasteiger partial charge in [-0.15, -0.1) is 5.10 Å². The molecular formula is C22H20N8O. The maximum atomic E-state index is 8.98. The van der Waals surface area contributed by atoms with Crippen LogP contribution < -0.4 is 5.32 Å². The summed E-state index contributed by atoms with van der Waals surface area (Å²) >= 11 is 0. The highest BCUT2D eigenvalue weighted by Crippen LogP contribution is 2.16. The maximum absolute atomic E-state index is 8.98. The van der Waals surface area contributed by atoms with E-state index in [4.69, 9.17) is 10.1 Å². The van der Waals surface area contributed by atoms with Crippen LogP contribution in [-0.4, -0.2) is 53.2 Å². The number of aromatic nitrogens is 7. The number of aliphatic hydroxyl groups excluding tert-OH is 1. The second-order valence-electron chi connectivity index (χ2n) is 7.15. The Morgan fingerprint density at radius 1 is 0.968 bits per heavy atom. The topological polar surface area (TPSA) is 115 Å². The van der Waals surface area contributed by atoms with E-state index in [0.29, 0.717) is 30.8 Å². The molecule has 0 atom stereocenters. The zero-order valence-electron chi connectivity index (χ0n) is 16.7. The van der Waals surface area contributed by atoms with Gasteiger partial charge in [-0.2, -0.15) is 0 Å². The fraction of sp³-hybridized carbons (Fsp3) is 0.182. The molecule has 4 heterocycles.